The average Bonchev–Trinajstić information content (AvgIpc) is 2.70. The summed E-state index contributed by atoms with van der Waals surface area (Å²) in [5, 5.41) is 0. The van der Waals surface area contributed by atoms with Crippen LogP contribution in [0.15, 0.2) is 0 Å². The van der Waals surface area contributed by atoms with E-state index in [1.165, 1.54) is 0 Å². The molecule has 0 aliphatic carbocycles. The molecule has 1 aliphatic rings. The minimum atomic E-state index is -0.381. The van der Waals surface area contributed by atoms with Crippen molar-refractivity contribution in [2.24, 2.45) is 11.7 Å². The smallest absolute Gasteiger partial charge is 0.239 e. The molecule has 0 aromatic carbocycles. The van der Waals surface area contributed by atoms with Gasteiger partial charge in [0.25, 0.3) is 0 Å². The van der Waals surface area contributed by atoms with Crippen molar-refractivity contribution in [3.63, 3.8) is 0 Å². The van der Waals surface area contributed by atoms with Crippen molar-refractivity contribution in [3.8, 4) is 0 Å². The third kappa shape index (κ3) is 3.93. The van der Waals surface area contributed by atoms with E-state index in [0.29, 0.717) is 25.0 Å². The second-order valence-electron chi connectivity index (χ2n) is 5.49. The number of ether oxygens (including phenoxy) is 1. The highest BCUT2D eigenvalue weighted by Gasteiger charge is 2.35. The van der Waals surface area contributed by atoms with Crippen molar-refractivity contribution < 1.29 is 9.53 Å². The van der Waals surface area contributed by atoms with Crippen molar-refractivity contribution in [2.45, 2.75) is 31.8 Å². The minimum absolute atomic E-state index is 0.0855. The van der Waals surface area contributed by atoms with Crippen LogP contribution in [0.3, 0.4) is 0 Å². The molecule has 0 aromatic rings. The molecule has 1 heterocycles. The van der Waals surface area contributed by atoms with Gasteiger partial charge in [0.15, 0.2) is 0 Å². The number of carbonyl (C=O) groups excluding carboxylic acids is 1. The Kier molecular flexibility index (Phi) is 6.05. The summed E-state index contributed by atoms with van der Waals surface area (Å²) in [4.78, 5) is 16.3. The molecule has 1 saturated heterocycles. The number of likely N-dealkylation sites (N-methyl/N-ethyl adjacent to an activating group) is 1. The van der Waals surface area contributed by atoms with Gasteiger partial charge < -0.3 is 20.3 Å². The summed E-state index contributed by atoms with van der Waals surface area (Å²) in [5.41, 5.74) is 5.94. The largest absolute Gasteiger partial charge is 0.385 e. The molecule has 1 fully saturated rings. The van der Waals surface area contributed by atoms with Gasteiger partial charge in [0.1, 0.15) is 0 Å². The molecule has 5 nitrogen and oxygen atoms in total. The van der Waals surface area contributed by atoms with Gasteiger partial charge in [-0.25, -0.2) is 0 Å². The quantitative estimate of drug-likeness (QED) is 0.688. The van der Waals surface area contributed by atoms with Gasteiger partial charge in [-0.2, -0.15) is 0 Å². The Morgan fingerprint density at radius 3 is 2.67 bits per heavy atom. The zero-order valence-electron chi connectivity index (χ0n) is 12.1. The van der Waals surface area contributed by atoms with Crippen LogP contribution in [0.25, 0.3) is 0 Å². The van der Waals surface area contributed by atoms with Crippen LogP contribution in [0.2, 0.25) is 0 Å². The number of methoxy groups -OCH3 is 1. The SMILES string of the molecule is COCCCC(N)C(=O)N1CC(C)C(N(C)C)C1. The molecule has 1 amide bonds. The zero-order chi connectivity index (χ0) is 13.7. The first kappa shape index (κ1) is 15.4. The summed E-state index contributed by atoms with van der Waals surface area (Å²) in [6, 6.07) is 0.0633. The normalized spacial score (nSPS) is 25.8. The van der Waals surface area contributed by atoms with Crippen LogP contribution in [0, 0.1) is 5.92 Å². The van der Waals surface area contributed by atoms with Crippen LogP contribution in [0.4, 0.5) is 0 Å². The Labute approximate surface area is 110 Å². The van der Waals surface area contributed by atoms with Gasteiger partial charge in [0.05, 0.1) is 6.04 Å². The number of carbonyl (C=O) groups is 1. The van der Waals surface area contributed by atoms with Gasteiger partial charge in [0, 0.05) is 32.8 Å². The van der Waals surface area contributed by atoms with Crippen molar-refractivity contribution in [3.05, 3.63) is 0 Å². The number of hydrogen-bond donors (Lipinski definition) is 1. The monoisotopic (exact) mass is 257 g/mol. The summed E-state index contributed by atoms with van der Waals surface area (Å²) in [6.07, 6.45) is 1.54. The molecule has 3 unspecified atom stereocenters. The number of amides is 1. The predicted molar refractivity (Wildman–Crippen MR) is 72.3 cm³/mol. The lowest BCUT2D eigenvalue weighted by Crippen LogP contribution is -2.44. The highest BCUT2D eigenvalue weighted by atomic mass is 16.5. The van der Waals surface area contributed by atoms with Crippen molar-refractivity contribution >= 4 is 5.91 Å². The summed E-state index contributed by atoms with van der Waals surface area (Å²) in [5.74, 6) is 0.595. The molecule has 1 aliphatic heterocycles. The Morgan fingerprint density at radius 2 is 2.17 bits per heavy atom. The molecule has 0 bridgehead atoms. The summed E-state index contributed by atoms with van der Waals surface area (Å²) >= 11 is 0. The first-order valence-electron chi connectivity index (χ1n) is 6.67. The average molecular weight is 257 g/mol. The number of hydrogen-bond acceptors (Lipinski definition) is 4. The van der Waals surface area contributed by atoms with E-state index in [1.54, 1.807) is 7.11 Å². The van der Waals surface area contributed by atoms with Gasteiger partial charge in [0.2, 0.25) is 5.91 Å². The van der Waals surface area contributed by atoms with Crippen LogP contribution in [-0.4, -0.2) is 68.7 Å². The van der Waals surface area contributed by atoms with E-state index in [2.05, 4.69) is 25.9 Å². The molecule has 1 rings (SSSR count). The van der Waals surface area contributed by atoms with E-state index in [4.69, 9.17) is 10.5 Å². The zero-order valence-corrected chi connectivity index (χ0v) is 12.1. The maximum absolute atomic E-state index is 12.2. The summed E-state index contributed by atoms with van der Waals surface area (Å²) < 4.78 is 4.98. The molecule has 0 radical (unpaired) electrons. The fourth-order valence-corrected chi connectivity index (χ4v) is 2.61. The molecule has 18 heavy (non-hydrogen) atoms. The second kappa shape index (κ2) is 7.07. The van der Waals surface area contributed by atoms with E-state index in [9.17, 15) is 4.79 Å². The fraction of sp³-hybridized carbons (Fsp3) is 0.923. The maximum atomic E-state index is 12.2. The van der Waals surface area contributed by atoms with Crippen molar-refractivity contribution in [1.82, 2.24) is 9.80 Å². The standard InChI is InChI=1S/C13H27N3O2/c1-10-8-16(9-12(10)15(2)3)13(17)11(14)6-5-7-18-4/h10-12H,5-9,14H2,1-4H3. The molecule has 0 spiro atoms. The first-order chi connectivity index (χ1) is 8.47. The van der Waals surface area contributed by atoms with E-state index >= 15 is 0 Å². The van der Waals surface area contributed by atoms with E-state index in [-0.39, 0.29) is 11.9 Å². The molecule has 3 atom stereocenters. The third-order valence-electron chi connectivity index (χ3n) is 3.73. The molecular formula is C13H27N3O2. The van der Waals surface area contributed by atoms with Crippen LogP contribution < -0.4 is 5.73 Å². The Morgan fingerprint density at radius 1 is 1.50 bits per heavy atom. The number of rotatable bonds is 6. The first-order valence-corrected chi connectivity index (χ1v) is 6.67. The molecule has 0 aromatic heterocycles. The van der Waals surface area contributed by atoms with Crippen molar-refractivity contribution in [1.29, 1.82) is 0 Å². The third-order valence-corrected chi connectivity index (χ3v) is 3.73. The van der Waals surface area contributed by atoms with Gasteiger partial charge in [-0.05, 0) is 32.9 Å². The molecule has 106 valence electrons. The van der Waals surface area contributed by atoms with Crippen molar-refractivity contribution in [2.75, 3.05) is 40.9 Å². The van der Waals surface area contributed by atoms with Gasteiger partial charge in [-0.3, -0.25) is 4.79 Å². The lowest BCUT2D eigenvalue weighted by atomic mass is 10.1. The van der Waals surface area contributed by atoms with Crippen LogP contribution >= 0.6 is 0 Å². The number of nitrogens with two attached hydrogens (primary N) is 1. The van der Waals surface area contributed by atoms with Crippen LogP contribution in [-0.2, 0) is 9.53 Å². The molecule has 0 saturated carbocycles. The topological polar surface area (TPSA) is 58.8 Å². The lowest BCUT2D eigenvalue weighted by Gasteiger charge is -2.23. The number of nitrogens with zero attached hydrogens (tertiary/aromatic N) is 2. The highest BCUT2D eigenvalue weighted by molar-refractivity contribution is 5.82. The molecule has 2 N–H and O–H groups in total. The Bertz CT molecular complexity index is 271. The van der Waals surface area contributed by atoms with Gasteiger partial charge in [-0.1, -0.05) is 6.92 Å². The molecular weight excluding hydrogens is 230 g/mol. The van der Waals surface area contributed by atoms with Gasteiger partial charge in [-0.15, -0.1) is 0 Å². The minimum Gasteiger partial charge on any atom is -0.385 e. The fourth-order valence-electron chi connectivity index (χ4n) is 2.61. The van der Waals surface area contributed by atoms with E-state index in [1.807, 2.05) is 4.90 Å². The highest BCUT2D eigenvalue weighted by Crippen LogP contribution is 2.20. The second-order valence-corrected chi connectivity index (χ2v) is 5.49. The van der Waals surface area contributed by atoms with Gasteiger partial charge >= 0.3 is 0 Å². The summed E-state index contributed by atoms with van der Waals surface area (Å²) in [6.45, 7) is 4.47. The lowest BCUT2D eigenvalue weighted by molar-refractivity contribution is -0.132. The van der Waals surface area contributed by atoms with E-state index in [0.717, 1.165) is 19.5 Å². The van der Waals surface area contributed by atoms with Crippen LogP contribution in [0.1, 0.15) is 19.8 Å². The maximum Gasteiger partial charge on any atom is 0.239 e. The van der Waals surface area contributed by atoms with E-state index < -0.39 is 0 Å². The predicted octanol–water partition coefficient (Wildman–Crippen LogP) is 0.149. The Hall–Kier alpha value is -0.650. The number of likely N-dealkylation sites (tertiary alicyclic amines) is 1. The van der Waals surface area contributed by atoms with Crippen LogP contribution in [0.5, 0.6) is 0 Å². The Balaban J connectivity index is 2.43. The summed E-state index contributed by atoms with van der Waals surface area (Å²) in [7, 11) is 5.79. The molecule has 5 heteroatoms.